The van der Waals surface area contributed by atoms with E-state index in [1.165, 1.54) is 6.42 Å². The van der Waals surface area contributed by atoms with E-state index in [9.17, 15) is 13.2 Å². The number of carbonyl (C=O) groups is 1. The Bertz CT molecular complexity index is 435. The number of amides is 1. The fraction of sp³-hybridized carbons (Fsp3) is 0.923. The van der Waals surface area contributed by atoms with Crippen LogP contribution in [-0.4, -0.2) is 67.9 Å². The molecule has 1 amide bonds. The van der Waals surface area contributed by atoms with Crippen LogP contribution in [0.5, 0.6) is 0 Å². The predicted molar refractivity (Wildman–Crippen MR) is 74.7 cm³/mol. The van der Waals surface area contributed by atoms with Crippen molar-refractivity contribution < 1.29 is 13.2 Å². The molecule has 0 bridgehead atoms. The SMILES string of the molecule is CCS(=O)(=O)CC(=O)N1CCC[C@@H]1[C@@H]1CCCN1C. The first-order valence-corrected chi connectivity index (χ1v) is 8.97. The molecule has 0 saturated carbocycles. The second-order valence-corrected chi connectivity index (χ2v) is 8.02. The summed E-state index contributed by atoms with van der Waals surface area (Å²) in [5, 5.41) is 0. The van der Waals surface area contributed by atoms with Gasteiger partial charge in [0.25, 0.3) is 0 Å². The molecule has 5 nitrogen and oxygen atoms in total. The zero-order chi connectivity index (χ0) is 14.0. The van der Waals surface area contributed by atoms with E-state index in [1.54, 1.807) is 6.92 Å². The Morgan fingerprint density at radius 3 is 2.37 bits per heavy atom. The molecule has 0 spiro atoms. The van der Waals surface area contributed by atoms with Gasteiger partial charge in [0.05, 0.1) is 0 Å². The van der Waals surface area contributed by atoms with Crippen molar-refractivity contribution in [3.63, 3.8) is 0 Å². The van der Waals surface area contributed by atoms with Gasteiger partial charge in [0.2, 0.25) is 5.91 Å². The van der Waals surface area contributed by atoms with E-state index in [-0.39, 0.29) is 23.5 Å². The van der Waals surface area contributed by atoms with Gasteiger partial charge in [0.1, 0.15) is 5.75 Å². The van der Waals surface area contributed by atoms with Crippen LogP contribution in [0.3, 0.4) is 0 Å². The molecule has 19 heavy (non-hydrogen) atoms. The maximum absolute atomic E-state index is 12.2. The van der Waals surface area contributed by atoms with Crippen molar-refractivity contribution in [1.29, 1.82) is 0 Å². The van der Waals surface area contributed by atoms with Gasteiger partial charge in [-0.05, 0) is 39.3 Å². The number of hydrogen-bond acceptors (Lipinski definition) is 4. The Morgan fingerprint density at radius 2 is 1.79 bits per heavy atom. The third kappa shape index (κ3) is 3.28. The molecular formula is C13H24N2O3S. The molecule has 2 aliphatic heterocycles. The third-order valence-electron chi connectivity index (χ3n) is 4.42. The lowest BCUT2D eigenvalue weighted by atomic mass is 10.0. The summed E-state index contributed by atoms with van der Waals surface area (Å²) in [6.07, 6.45) is 4.29. The number of likely N-dealkylation sites (N-methyl/N-ethyl adjacent to an activating group) is 1. The molecule has 0 unspecified atom stereocenters. The molecule has 0 N–H and O–H groups in total. The van der Waals surface area contributed by atoms with Gasteiger partial charge >= 0.3 is 0 Å². The van der Waals surface area contributed by atoms with Crippen LogP contribution in [0.1, 0.15) is 32.6 Å². The lowest BCUT2D eigenvalue weighted by molar-refractivity contribution is -0.130. The Labute approximate surface area is 115 Å². The Morgan fingerprint density at radius 1 is 1.16 bits per heavy atom. The lowest BCUT2D eigenvalue weighted by Crippen LogP contribution is -2.48. The number of hydrogen-bond donors (Lipinski definition) is 0. The van der Waals surface area contributed by atoms with Crippen molar-refractivity contribution in [3.05, 3.63) is 0 Å². The smallest absolute Gasteiger partial charge is 0.238 e. The highest BCUT2D eigenvalue weighted by atomic mass is 32.2. The molecule has 2 rings (SSSR count). The summed E-state index contributed by atoms with van der Waals surface area (Å²) in [7, 11) is -1.12. The minimum atomic E-state index is -3.22. The van der Waals surface area contributed by atoms with Crippen LogP contribution in [0.4, 0.5) is 0 Å². The van der Waals surface area contributed by atoms with Crippen molar-refractivity contribution >= 4 is 15.7 Å². The van der Waals surface area contributed by atoms with E-state index in [2.05, 4.69) is 11.9 Å². The Hall–Kier alpha value is -0.620. The van der Waals surface area contributed by atoms with Crippen LogP contribution in [0, 0.1) is 0 Å². The average molecular weight is 288 g/mol. The van der Waals surface area contributed by atoms with Gasteiger partial charge in [0, 0.05) is 24.4 Å². The fourth-order valence-corrected chi connectivity index (χ4v) is 4.04. The maximum Gasteiger partial charge on any atom is 0.238 e. The van der Waals surface area contributed by atoms with Gasteiger partial charge in [-0.25, -0.2) is 8.42 Å². The summed E-state index contributed by atoms with van der Waals surface area (Å²) >= 11 is 0. The summed E-state index contributed by atoms with van der Waals surface area (Å²) in [5.41, 5.74) is 0. The summed E-state index contributed by atoms with van der Waals surface area (Å²) in [4.78, 5) is 16.4. The van der Waals surface area contributed by atoms with Gasteiger partial charge in [-0.3, -0.25) is 4.79 Å². The van der Waals surface area contributed by atoms with Gasteiger partial charge in [-0.15, -0.1) is 0 Å². The van der Waals surface area contributed by atoms with Crippen molar-refractivity contribution in [2.24, 2.45) is 0 Å². The molecular weight excluding hydrogens is 264 g/mol. The highest BCUT2D eigenvalue weighted by molar-refractivity contribution is 7.92. The molecule has 0 aromatic rings. The molecule has 2 atom stereocenters. The summed E-state index contributed by atoms with van der Waals surface area (Å²) < 4.78 is 23.2. The van der Waals surface area contributed by atoms with E-state index in [0.29, 0.717) is 12.6 Å². The van der Waals surface area contributed by atoms with Crippen molar-refractivity contribution in [2.75, 3.05) is 31.6 Å². The standard InChI is InChI=1S/C13H24N2O3S/c1-3-19(17,18)10-13(16)15-9-5-7-12(15)11-6-4-8-14(11)2/h11-12H,3-10H2,1-2H3/t11-,12+/m0/s1. The van der Waals surface area contributed by atoms with E-state index < -0.39 is 9.84 Å². The third-order valence-corrected chi connectivity index (χ3v) is 5.99. The van der Waals surface area contributed by atoms with Gasteiger partial charge in [0.15, 0.2) is 9.84 Å². The average Bonchev–Trinajstić information content (AvgIpc) is 2.96. The van der Waals surface area contributed by atoms with E-state index in [1.807, 2.05) is 4.90 Å². The maximum atomic E-state index is 12.2. The number of rotatable bonds is 4. The summed E-state index contributed by atoms with van der Waals surface area (Å²) in [5.74, 6) is -0.485. The molecule has 2 saturated heterocycles. The van der Waals surface area contributed by atoms with Crippen molar-refractivity contribution in [2.45, 2.75) is 44.7 Å². The van der Waals surface area contributed by atoms with E-state index in [4.69, 9.17) is 0 Å². The molecule has 110 valence electrons. The second kappa shape index (κ2) is 5.79. The second-order valence-electron chi connectivity index (χ2n) is 5.66. The zero-order valence-corrected chi connectivity index (χ0v) is 12.7. The van der Waals surface area contributed by atoms with E-state index >= 15 is 0 Å². The van der Waals surface area contributed by atoms with Crippen LogP contribution in [0.2, 0.25) is 0 Å². The first-order chi connectivity index (χ1) is 8.94. The molecule has 2 heterocycles. The largest absolute Gasteiger partial charge is 0.337 e. The van der Waals surface area contributed by atoms with Crippen LogP contribution < -0.4 is 0 Å². The van der Waals surface area contributed by atoms with Crippen LogP contribution in [-0.2, 0) is 14.6 Å². The molecule has 2 aliphatic rings. The van der Waals surface area contributed by atoms with Crippen molar-refractivity contribution in [3.8, 4) is 0 Å². The highest BCUT2D eigenvalue weighted by Gasteiger charge is 2.38. The summed E-state index contributed by atoms with van der Waals surface area (Å²) in [6.45, 7) is 3.39. The Balaban J connectivity index is 2.04. The molecule has 0 radical (unpaired) electrons. The van der Waals surface area contributed by atoms with Crippen molar-refractivity contribution in [1.82, 2.24) is 9.80 Å². The van der Waals surface area contributed by atoms with Gasteiger partial charge in [-0.2, -0.15) is 0 Å². The monoisotopic (exact) mass is 288 g/mol. The minimum Gasteiger partial charge on any atom is -0.337 e. The molecule has 0 aromatic heterocycles. The van der Waals surface area contributed by atoms with Gasteiger partial charge < -0.3 is 9.80 Å². The first kappa shape index (κ1) is 14.8. The quantitative estimate of drug-likeness (QED) is 0.756. The van der Waals surface area contributed by atoms with Crippen LogP contribution >= 0.6 is 0 Å². The lowest BCUT2D eigenvalue weighted by Gasteiger charge is -2.33. The van der Waals surface area contributed by atoms with Gasteiger partial charge in [-0.1, -0.05) is 6.92 Å². The predicted octanol–water partition coefficient (Wildman–Crippen LogP) is 0.506. The topological polar surface area (TPSA) is 57.7 Å². The normalized spacial score (nSPS) is 29.1. The van der Waals surface area contributed by atoms with Crippen LogP contribution in [0.15, 0.2) is 0 Å². The number of likely N-dealkylation sites (tertiary alicyclic amines) is 2. The fourth-order valence-electron chi connectivity index (χ4n) is 3.30. The minimum absolute atomic E-state index is 0.0422. The number of nitrogens with zero attached hydrogens (tertiary/aromatic N) is 2. The summed E-state index contributed by atoms with van der Waals surface area (Å²) in [6, 6.07) is 0.628. The van der Waals surface area contributed by atoms with E-state index in [0.717, 1.165) is 25.8 Å². The molecule has 0 aromatic carbocycles. The first-order valence-electron chi connectivity index (χ1n) is 7.14. The molecule has 6 heteroatoms. The molecule has 2 fully saturated rings. The van der Waals surface area contributed by atoms with Crippen LogP contribution in [0.25, 0.3) is 0 Å². The zero-order valence-electron chi connectivity index (χ0n) is 11.8. The number of carbonyl (C=O) groups excluding carboxylic acids is 1. The Kier molecular flexibility index (Phi) is 4.50. The number of sulfone groups is 1. The highest BCUT2D eigenvalue weighted by Crippen LogP contribution is 2.29. The molecule has 0 aliphatic carbocycles.